The fourth-order valence-corrected chi connectivity index (χ4v) is 5.11. The highest BCUT2D eigenvalue weighted by atomic mass is 32.1. The Morgan fingerprint density at radius 1 is 1.23 bits per heavy atom. The van der Waals surface area contributed by atoms with Crippen LogP contribution in [0.2, 0.25) is 0 Å². The number of nitrogens with one attached hydrogen (secondary N) is 3. The Balaban J connectivity index is 1.61. The molecule has 0 saturated carbocycles. The van der Waals surface area contributed by atoms with Crippen molar-refractivity contribution in [1.82, 2.24) is 20.3 Å². The molecule has 3 N–H and O–H groups in total. The maximum atomic E-state index is 13.3. The van der Waals surface area contributed by atoms with Crippen molar-refractivity contribution in [3.63, 3.8) is 0 Å². The van der Waals surface area contributed by atoms with Gasteiger partial charge in [0.05, 0.1) is 23.4 Å². The molecule has 1 unspecified atom stereocenters. The van der Waals surface area contributed by atoms with Gasteiger partial charge < -0.3 is 20.3 Å². The molecule has 5 rings (SSSR count). The number of hydrogen-bond acceptors (Lipinski definition) is 8. The molecule has 8 nitrogen and oxygen atoms in total. The third kappa shape index (κ3) is 3.80. The summed E-state index contributed by atoms with van der Waals surface area (Å²) in [6.45, 7) is 6.71. The van der Waals surface area contributed by atoms with Crippen molar-refractivity contribution >= 4 is 33.3 Å². The summed E-state index contributed by atoms with van der Waals surface area (Å²) in [5.74, 6) is 1.19. The minimum atomic E-state index is -0.174. The van der Waals surface area contributed by atoms with Gasteiger partial charge >= 0.3 is 0 Å². The van der Waals surface area contributed by atoms with Crippen LogP contribution in [0.15, 0.2) is 29.1 Å². The predicted octanol–water partition coefficient (Wildman–Crippen LogP) is 2.44. The third-order valence-electron chi connectivity index (χ3n) is 5.74. The van der Waals surface area contributed by atoms with E-state index in [0.717, 1.165) is 36.1 Å². The number of para-hydroxylation sites is 1. The molecule has 0 radical (unpaired) electrons. The average molecular weight is 427 g/mol. The van der Waals surface area contributed by atoms with Crippen LogP contribution in [0.5, 0.6) is 0 Å². The molecule has 4 heterocycles. The maximum absolute atomic E-state index is 13.3. The van der Waals surface area contributed by atoms with Gasteiger partial charge in [0, 0.05) is 25.2 Å². The zero-order chi connectivity index (χ0) is 20.6. The molecule has 0 spiro atoms. The lowest BCUT2D eigenvalue weighted by atomic mass is 9.92. The van der Waals surface area contributed by atoms with Crippen LogP contribution in [-0.2, 0) is 4.74 Å². The number of piperidine rings is 1. The molecule has 2 aromatic heterocycles. The summed E-state index contributed by atoms with van der Waals surface area (Å²) in [5, 5.41) is 7.75. The highest BCUT2D eigenvalue weighted by Gasteiger charge is 2.30. The number of H-pyrrole nitrogens is 1. The number of rotatable bonds is 4. The Hall–Kier alpha value is -2.49. The van der Waals surface area contributed by atoms with Gasteiger partial charge in [-0.1, -0.05) is 12.1 Å². The number of benzene rings is 1. The van der Waals surface area contributed by atoms with E-state index in [1.807, 2.05) is 24.3 Å². The smallest absolute Gasteiger partial charge is 0.264 e. The molecule has 158 valence electrons. The Morgan fingerprint density at radius 3 is 2.83 bits per heavy atom. The molecule has 2 aliphatic rings. The highest BCUT2D eigenvalue weighted by molar-refractivity contribution is 7.21. The molecule has 2 fully saturated rings. The van der Waals surface area contributed by atoms with Crippen molar-refractivity contribution in [1.29, 1.82) is 0 Å². The molecule has 2 saturated heterocycles. The SMILES string of the molecule is CC1(Nc2nc(N3CCOCC3)[nH]c(=O)c2-c2nc3ccccc3s2)CCCNC1. The van der Waals surface area contributed by atoms with Crippen LogP contribution >= 0.6 is 11.3 Å². The number of aromatic amines is 1. The minimum absolute atomic E-state index is 0.166. The molecule has 0 amide bonds. The van der Waals surface area contributed by atoms with Crippen LogP contribution in [0.25, 0.3) is 20.8 Å². The Bertz CT molecular complexity index is 1070. The van der Waals surface area contributed by atoms with E-state index >= 15 is 0 Å². The van der Waals surface area contributed by atoms with Crippen LogP contribution < -0.4 is 21.1 Å². The molecule has 30 heavy (non-hydrogen) atoms. The number of aromatic nitrogens is 3. The van der Waals surface area contributed by atoms with Gasteiger partial charge in [0.15, 0.2) is 0 Å². The topological polar surface area (TPSA) is 95.2 Å². The summed E-state index contributed by atoms with van der Waals surface area (Å²) < 4.78 is 6.51. The van der Waals surface area contributed by atoms with Crippen LogP contribution in [0, 0.1) is 0 Å². The van der Waals surface area contributed by atoms with Crippen molar-refractivity contribution < 1.29 is 4.74 Å². The quantitative estimate of drug-likeness (QED) is 0.590. The number of morpholine rings is 1. The summed E-state index contributed by atoms with van der Waals surface area (Å²) in [6, 6.07) is 7.95. The van der Waals surface area contributed by atoms with Crippen molar-refractivity contribution in [3.05, 3.63) is 34.6 Å². The van der Waals surface area contributed by atoms with Gasteiger partial charge in [-0.3, -0.25) is 9.78 Å². The van der Waals surface area contributed by atoms with Gasteiger partial charge in [-0.25, -0.2) is 4.98 Å². The van der Waals surface area contributed by atoms with Gasteiger partial charge in [0.25, 0.3) is 5.56 Å². The zero-order valence-electron chi connectivity index (χ0n) is 17.0. The molecular weight excluding hydrogens is 400 g/mol. The average Bonchev–Trinajstić information content (AvgIpc) is 3.18. The van der Waals surface area contributed by atoms with E-state index in [-0.39, 0.29) is 11.1 Å². The monoisotopic (exact) mass is 426 g/mol. The number of fused-ring (bicyclic) bond motifs is 1. The van der Waals surface area contributed by atoms with Crippen molar-refractivity contribution in [2.75, 3.05) is 49.6 Å². The largest absolute Gasteiger partial charge is 0.378 e. The molecule has 0 bridgehead atoms. The number of hydrogen-bond donors (Lipinski definition) is 3. The Labute approximate surface area is 178 Å². The van der Waals surface area contributed by atoms with E-state index in [1.54, 1.807) is 0 Å². The van der Waals surface area contributed by atoms with Crippen molar-refractivity contribution in [2.24, 2.45) is 0 Å². The molecule has 2 aliphatic heterocycles. The first-order valence-electron chi connectivity index (χ1n) is 10.4. The summed E-state index contributed by atoms with van der Waals surface area (Å²) in [7, 11) is 0. The first kappa shape index (κ1) is 19.5. The van der Waals surface area contributed by atoms with Gasteiger partial charge in [0.1, 0.15) is 16.4 Å². The van der Waals surface area contributed by atoms with Crippen LogP contribution in [-0.4, -0.2) is 59.9 Å². The lowest BCUT2D eigenvalue weighted by molar-refractivity contribution is 0.122. The molecule has 3 aromatic rings. The van der Waals surface area contributed by atoms with Crippen LogP contribution in [0.4, 0.5) is 11.8 Å². The van der Waals surface area contributed by atoms with Crippen molar-refractivity contribution in [2.45, 2.75) is 25.3 Å². The molecule has 9 heteroatoms. The predicted molar refractivity (Wildman–Crippen MR) is 121 cm³/mol. The molecule has 0 aliphatic carbocycles. The standard InChI is InChI=1S/C21H26N6O2S/c1-21(7-4-8-22-13-21)26-17-16(19-23-14-5-2-3-6-15(14)30-19)18(28)25-20(24-17)27-9-11-29-12-10-27/h2-3,5-6,22H,4,7-13H2,1H3,(H2,24,25,26,28). The van der Waals surface area contributed by atoms with Gasteiger partial charge in [-0.05, 0) is 38.4 Å². The fourth-order valence-electron chi connectivity index (χ4n) is 4.10. The Kier molecular flexibility index (Phi) is 5.18. The summed E-state index contributed by atoms with van der Waals surface area (Å²) >= 11 is 1.52. The number of anilines is 2. The Morgan fingerprint density at radius 2 is 2.07 bits per heavy atom. The third-order valence-corrected chi connectivity index (χ3v) is 6.80. The maximum Gasteiger partial charge on any atom is 0.264 e. The fraction of sp³-hybridized carbons (Fsp3) is 0.476. The number of ether oxygens (including phenoxy) is 1. The van der Waals surface area contributed by atoms with Crippen LogP contribution in [0.3, 0.4) is 0 Å². The lowest BCUT2D eigenvalue weighted by Crippen LogP contribution is -2.49. The normalized spacial score (nSPS) is 22.4. The molecule has 1 atom stereocenters. The van der Waals surface area contributed by atoms with E-state index in [9.17, 15) is 4.79 Å². The zero-order valence-corrected chi connectivity index (χ0v) is 17.8. The lowest BCUT2D eigenvalue weighted by Gasteiger charge is -2.36. The van der Waals surface area contributed by atoms with E-state index in [1.165, 1.54) is 11.3 Å². The molecule has 1 aromatic carbocycles. The summed E-state index contributed by atoms with van der Waals surface area (Å²) in [6.07, 6.45) is 2.10. The number of thiazole rings is 1. The first-order chi connectivity index (χ1) is 14.6. The van der Waals surface area contributed by atoms with E-state index in [0.29, 0.717) is 48.6 Å². The second-order valence-corrected chi connectivity index (χ2v) is 9.20. The van der Waals surface area contributed by atoms with E-state index in [2.05, 4.69) is 27.4 Å². The minimum Gasteiger partial charge on any atom is -0.378 e. The first-order valence-corrected chi connectivity index (χ1v) is 11.2. The summed E-state index contributed by atoms with van der Waals surface area (Å²) in [5.41, 5.74) is 1.07. The van der Waals surface area contributed by atoms with Crippen LogP contribution in [0.1, 0.15) is 19.8 Å². The number of nitrogens with zero attached hydrogens (tertiary/aromatic N) is 3. The van der Waals surface area contributed by atoms with Gasteiger partial charge in [-0.15, -0.1) is 11.3 Å². The molecular formula is C21H26N6O2S. The van der Waals surface area contributed by atoms with E-state index < -0.39 is 0 Å². The van der Waals surface area contributed by atoms with Gasteiger partial charge in [0.2, 0.25) is 5.95 Å². The summed E-state index contributed by atoms with van der Waals surface area (Å²) in [4.78, 5) is 28.0. The van der Waals surface area contributed by atoms with E-state index in [4.69, 9.17) is 14.7 Å². The second-order valence-electron chi connectivity index (χ2n) is 8.17. The van der Waals surface area contributed by atoms with Gasteiger partial charge in [-0.2, -0.15) is 4.98 Å². The highest BCUT2D eigenvalue weighted by Crippen LogP contribution is 2.34. The second kappa shape index (κ2) is 7.98. The van der Waals surface area contributed by atoms with Crippen molar-refractivity contribution in [3.8, 4) is 10.6 Å².